The lowest BCUT2D eigenvalue weighted by Crippen LogP contribution is -2.42. The summed E-state index contributed by atoms with van der Waals surface area (Å²) < 4.78 is 0. The van der Waals surface area contributed by atoms with Crippen molar-refractivity contribution in [1.82, 2.24) is 5.32 Å². The monoisotopic (exact) mass is 145 g/mol. The molecule has 0 unspecified atom stereocenters. The summed E-state index contributed by atoms with van der Waals surface area (Å²) in [5, 5.41) is 11.9. The van der Waals surface area contributed by atoms with E-state index in [-0.39, 0.29) is 12.1 Å². The quantitative estimate of drug-likeness (QED) is 0.608. The predicted molar refractivity (Wildman–Crippen MR) is 44.1 cm³/mol. The van der Waals surface area contributed by atoms with Gasteiger partial charge in [0.2, 0.25) is 0 Å². The highest BCUT2D eigenvalue weighted by molar-refractivity contribution is 4.78. The van der Waals surface area contributed by atoms with Crippen LogP contribution in [0.15, 0.2) is 0 Å². The zero-order valence-corrected chi connectivity index (χ0v) is 7.28. The van der Waals surface area contributed by atoms with Gasteiger partial charge in [-0.2, -0.15) is 0 Å². The molecule has 2 heteroatoms. The van der Waals surface area contributed by atoms with E-state index in [1.54, 1.807) is 0 Å². The van der Waals surface area contributed by atoms with Gasteiger partial charge >= 0.3 is 0 Å². The van der Waals surface area contributed by atoms with Crippen molar-refractivity contribution < 1.29 is 5.11 Å². The van der Waals surface area contributed by atoms with Gasteiger partial charge in [0.05, 0.1) is 6.61 Å². The summed E-state index contributed by atoms with van der Waals surface area (Å²) in [5.41, 5.74) is 0.225. The molecule has 0 spiro atoms. The highest BCUT2D eigenvalue weighted by Gasteiger charge is 2.16. The van der Waals surface area contributed by atoms with Crippen LogP contribution in [0.3, 0.4) is 0 Å². The molecule has 0 heterocycles. The second kappa shape index (κ2) is 4.69. The number of nitrogens with one attached hydrogen (secondary N) is 1. The fourth-order valence-corrected chi connectivity index (χ4v) is 0.858. The van der Waals surface area contributed by atoms with Crippen LogP contribution in [0.2, 0.25) is 0 Å². The van der Waals surface area contributed by atoms with Crippen LogP contribution < -0.4 is 5.32 Å². The molecular weight excluding hydrogens is 126 g/mol. The summed E-state index contributed by atoms with van der Waals surface area (Å²) in [4.78, 5) is 0. The highest BCUT2D eigenvalue weighted by Crippen LogP contribution is 2.12. The van der Waals surface area contributed by atoms with E-state index >= 15 is 0 Å². The van der Waals surface area contributed by atoms with Crippen LogP contribution in [0, 0.1) is 0 Å². The zero-order chi connectivity index (χ0) is 8.04. The molecule has 0 atom stereocenters. The zero-order valence-electron chi connectivity index (χ0n) is 7.28. The first-order chi connectivity index (χ1) is 4.68. The Hall–Kier alpha value is -0.0800. The first kappa shape index (κ1) is 9.92. The molecule has 0 fully saturated rings. The molecule has 10 heavy (non-hydrogen) atoms. The van der Waals surface area contributed by atoms with Crippen LogP contribution in [0.1, 0.15) is 33.6 Å². The summed E-state index contributed by atoms with van der Waals surface area (Å²) in [6, 6.07) is 0. The number of aliphatic hydroxyl groups excluding tert-OH is 1. The van der Waals surface area contributed by atoms with Crippen molar-refractivity contribution in [3.63, 3.8) is 0 Å². The Labute approximate surface area is 63.6 Å². The molecule has 0 saturated heterocycles. The highest BCUT2D eigenvalue weighted by atomic mass is 16.3. The SMILES string of the molecule is CCC(C)(CC)NCCO. The fraction of sp³-hybridized carbons (Fsp3) is 1.00. The van der Waals surface area contributed by atoms with Gasteiger partial charge in [0.1, 0.15) is 0 Å². The van der Waals surface area contributed by atoms with Gasteiger partial charge in [0, 0.05) is 12.1 Å². The van der Waals surface area contributed by atoms with E-state index < -0.39 is 0 Å². The molecule has 0 rings (SSSR count). The van der Waals surface area contributed by atoms with Crippen molar-refractivity contribution in [2.45, 2.75) is 39.2 Å². The predicted octanol–water partition coefficient (Wildman–Crippen LogP) is 1.15. The number of hydrogen-bond donors (Lipinski definition) is 2. The van der Waals surface area contributed by atoms with Crippen LogP contribution in [-0.2, 0) is 0 Å². The van der Waals surface area contributed by atoms with Crippen molar-refractivity contribution in [2.24, 2.45) is 0 Å². The third-order valence-corrected chi connectivity index (χ3v) is 2.22. The lowest BCUT2D eigenvalue weighted by Gasteiger charge is -2.27. The van der Waals surface area contributed by atoms with E-state index in [9.17, 15) is 0 Å². The molecule has 0 aliphatic heterocycles. The van der Waals surface area contributed by atoms with E-state index in [0.29, 0.717) is 6.54 Å². The topological polar surface area (TPSA) is 32.3 Å². The summed E-state index contributed by atoms with van der Waals surface area (Å²) >= 11 is 0. The Morgan fingerprint density at radius 3 is 2.10 bits per heavy atom. The molecule has 0 aromatic rings. The van der Waals surface area contributed by atoms with E-state index in [0.717, 1.165) is 12.8 Å². The first-order valence-corrected chi connectivity index (χ1v) is 4.04. The first-order valence-electron chi connectivity index (χ1n) is 4.04. The van der Waals surface area contributed by atoms with Crippen LogP contribution >= 0.6 is 0 Å². The third-order valence-electron chi connectivity index (χ3n) is 2.22. The largest absolute Gasteiger partial charge is 0.395 e. The summed E-state index contributed by atoms with van der Waals surface area (Å²) in [6.07, 6.45) is 2.23. The molecular formula is C8H19NO. The fourth-order valence-electron chi connectivity index (χ4n) is 0.858. The normalized spacial score (nSPS) is 12.0. The minimum atomic E-state index is 0.225. The van der Waals surface area contributed by atoms with Gasteiger partial charge in [-0.1, -0.05) is 13.8 Å². The Balaban J connectivity index is 3.58. The number of rotatable bonds is 5. The average Bonchev–Trinajstić information content (AvgIpc) is 2.00. The van der Waals surface area contributed by atoms with E-state index in [1.165, 1.54) is 0 Å². The van der Waals surface area contributed by atoms with Crippen molar-refractivity contribution in [2.75, 3.05) is 13.2 Å². The smallest absolute Gasteiger partial charge is 0.0556 e. The Morgan fingerprint density at radius 2 is 1.80 bits per heavy atom. The summed E-state index contributed by atoms with van der Waals surface area (Å²) in [6.45, 7) is 7.44. The molecule has 2 N–H and O–H groups in total. The minimum Gasteiger partial charge on any atom is -0.395 e. The van der Waals surface area contributed by atoms with Crippen LogP contribution in [0.25, 0.3) is 0 Å². The molecule has 0 bridgehead atoms. The Morgan fingerprint density at radius 1 is 1.30 bits per heavy atom. The number of β-amino-alcohol motifs (C(OH)–C–C–N with tert-alkyl or cyclic N) is 1. The standard InChI is InChI=1S/C8H19NO/c1-4-8(3,5-2)9-6-7-10/h9-10H,4-7H2,1-3H3. The molecule has 62 valence electrons. The number of hydrogen-bond acceptors (Lipinski definition) is 2. The minimum absolute atomic E-state index is 0.225. The van der Waals surface area contributed by atoms with E-state index in [2.05, 4.69) is 26.1 Å². The molecule has 0 aliphatic carbocycles. The van der Waals surface area contributed by atoms with E-state index in [1.807, 2.05) is 0 Å². The van der Waals surface area contributed by atoms with Crippen LogP contribution in [-0.4, -0.2) is 23.8 Å². The lowest BCUT2D eigenvalue weighted by atomic mass is 9.96. The summed E-state index contributed by atoms with van der Waals surface area (Å²) in [5.74, 6) is 0. The van der Waals surface area contributed by atoms with Gasteiger partial charge in [0.15, 0.2) is 0 Å². The number of aliphatic hydroxyl groups is 1. The second-order valence-corrected chi connectivity index (χ2v) is 2.92. The van der Waals surface area contributed by atoms with Gasteiger partial charge < -0.3 is 10.4 Å². The van der Waals surface area contributed by atoms with Crippen molar-refractivity contribution in [3.8, 4) is 0 Å². The maximum atomic E-state index is 8.56. The maximum Gasteiger partial charge on any atom is 0.0556 e. The average molecular weight is 145 g/mol. The van der Waals surface area contributed by atoms with Crippen molar-refractivity contribution in [3.05, 3.63) is 0 Å². The molecule has 0 radical (unpaired) electrons. The van der Waals surface area contributed by atoms with Crippen LogP contribution in [0.4, 0.5) is 0 Å². The van der Waals surface area contributed by atoms with Gasteiger partial charge in [-0.15, -0.1) is 0 Å². The second-order valence-electron chi connectivity index (χ2n) is 2.92. The van der Waals surface area contributed by atoms with Crippen molar-refractivity contribution >= 4 is 0 Å². The van der Waals surface area contributed by atoms with Gasteiger partial charge in [-0.3, -0.25) is 0 Å². The third kappa shape index (κ3) is 3.18. The van der Waals surface area contributed by atoms with Crippen LogP contribution in [0.5, 0.6) is 0 Å². The summed E-state index contributed by atoms with van der Waals surface area (Å²) in [7, 11) is 0. The molecule has 0 aromatic carbocycles. The van der Waals surface area contributed by atoms with Crippen molar-refractivity contribution in [1.29, 1.82) is 0 Å². The molecule has 2 nitrogen and oxygen atoms in total. The van der Waals surface area contributed by atoms with E-state index in [4.69, 9.17) is 5.11 Å². The van der Waals surface area contributed by atoms with Gasteiger partial charge in [-0.05, 0) is 19.8 Å². The Bertz CT molecular complexity index is 79.3. The molecule has 0 saturated carbocycles. The van der Waals surface area contributed by atoms with Gasteiger partial charge in [-0.25, -0.2) is 0 Å². The molecule has 0 amide bonds. The maximum absolute atomic E-state index is 8.56. The molecule has 0 aromatic heterocycles. The lowest BCUT2D eigenvalue weighted by molar-refractivity contribution is 0.251. The Kier molecular flexibility index (Phi) is 4.65. The molecule has 0 aliphatic rings. The van der Waals surface area contributed by atoms with Gasteiger partial charge in [0.25, 0.3) is 0 Å².